The second-order valence-corrected chi connectivity index (χ2v) is 12.4. The fraction of sp³-hybridized carbons (Fsp3) is 0.800. The molecule has 172 valence electrons. The maximum Gasteiger partial charge on any atom is 0.246 e. The maximum atomic E-state index is 13.2. The number of amides is 2. The van der Waals surface area contributed by atoms with Crippen molar-refractivity contribution in [2.75, 3.05) is 7.05 Å². The van der Waals surface area contributed by atoms with Crippen LogP contribution in [-0.4, -0.2) is 40.5 Å². The summed E-state index contributed by atoms with van der Waals surface area (Å²) in [5.41, 5.74) is -0.0853. The van der Waals surface area contributed by atoms with Gasteiger partial charge in [0.2, 0.25) is 11.8 Å². The number of hydrogen-bond acceptors (Lipinski definition) is 3. The van der Waals surface area contributed by atoms with Gasteiger partial charge in [-0.3, -0.25) is 9.59 Å². The van der Waals surface area contributed by atoms with Crippen molar-refractivity contribution < 1.29 is 9.59 Å². The number of nitrogens with one attached hydrogen (secondary N) is 2. The highest BCUT2D eigenvalue weighted by Crippen LogP contribution is 2.65. The zero-order valence-electron chi connectivity index (χ0n) is 20.0. The minimum absolute atomic E-state index is 0.0230. The van der Waals surface area contributed by atoms with E-state index in [2.05, 4.69) is 30.6 Å². The number of fused-ring (bicyclic) bond motifs is 5. The van der Waals surface area contributed by atoms with Gasteiger partial charge in [-0.2, -0.15) is 0 Å². The predicted molar refractivity (Wildman–Crippen MR) is 127 cm³/mol. The lowest BCUT2D eigenvalue weighted by Gasteiger charge is -2.60. The molecule has 0 aromatic rings. The molecule has 3 aliphatic carbocycles. The molecule has 0 bridgehead atoms. The highest BCUT2D eigenvalue weighted by Gasteiger charge is 2.61. The molecule has 31 heavy (non-hydrogen) atoms. The Morgan fingerprint density at radius 1 is 1.13 bits per heavy atom. The molecule has 0 spiro atoms. The van der Waals surface area contributed by atoms with E-state index in [0.717, 1.165) is 38.5 Å². The van der Waals surface area contributed by atoms with Gasteiger partial charge in [0, 0.05) is 30.0 Å². The van der Waals surface area contributed by atoms with Gasteiger partial charge in [-0.1, -0.05) is 19.9 Å². The number of hydrogen-bond donors (Lipinski definition) is 2. The second-order valence-electron chi connectivity index (χ2n) is 12.0. The van der Waals surface area contributed by atoms with Crippen LogP contribution in [-0.2, 0) is 9.59 Å². The lowest BCUT2D eigenvalue weighted by molar-refractivity contribution is -0.142. The van der Waals surface area contributed by atoms with E-state index in [0.29, 0.717) is 28.9 Å². The van der Waals surface area contributed by atoms with Crippen LogP contribution in [0.1, 0.15) is 73.1 Å². The van der Waals surface area contributed by atoms with E-state index in [1.165, 1.54) is 0 Å². The summed E-state index contributed by atoms with van der Waals surface area (Å²) in [6.07, 6.45) is 10.5. The van der Waals surface area contributed by atoms with Gasteiger partial charge in [-0.25, -0.2) is 0 Å². The predicted octanol–water partition coefficient (Wildman–Crippen LogP) is 4.03. The lowest BCUT2D eigenvalue weighted by atomic mass is 9.47. The van der Waals surface area contributed by atoms with Gasteiger partial charge in [0.15, 0.2) is 5.11 Å². The average Bonchev–Trinajstić information content (AvgIpc) is 3.01. The second kappa shape index (κ2) is 7.57. The van der Waals surface area contributed by atoms with Gasteiger partial charge in [0.25, 0.3) is 0 Å². The van der Waals surface area contributed by atoms with Crippen molar-refractivity contribution in [3.05, 3.63) is 12.2 Å². The minimum Gasteiger partial charge on any atom is -0.358 e. The number of likely N-dealkylation sites (N-methyl/N-ethyl adjacent to an activating group) is 1. The number of nitrogens with zero attached hydrogens (tertiary/aromatic N) is 1. The molecule has 7 atom stereocenters. The van der Waals surface area contributed by atoms with Crippen molar-refractivity contribution in [3.8, 4) is 0 Å². The third-order valence-corrected chi connectivity index (χ3v) is 9.37. The molecule has 6 heteroatoms. The molecule has 2 unspecified atom stereocenters. The first-order valence-corrected chi connectivity index (χ1v) is 12.4. The largest absolute Gasteiger partial charge is 0.358 e. The van der Waals surface area contributed by atoms with E-state index in [4.69, 9.17) is 12.2 Å². The van der Waals surface area contributed by atoms with Crippen molar-refractivity contribution in [2.45, 2.75) is 84.7 Å². The van der Waals surface area contributed by atoms with Gasteiger partial charge in [-0.05, 0) is 101 Å². The van der Waals surface area contributed by atoms with Gasteiger partial charge in [-0.15, -0.1) is 0 Å². The number of carbonyl (C=O) groups is 2. The van der Waals surface area contributed by atoms with Crippen molar-refractivity contribution >= 4 is 29.1 Å². The summed E-state index contributed by atoms with van der Waals surface area (Å²) in [5, 5.41) is 6.64. The van der Waals surface area contributed by atoms with Gasteiger partial charge in [0.1, 0.15) is 0 Å². The smallest absolute Gasteiger partial charge is 0.246 e. The zero-order valence-corrected chi connectivity index (χ0v) is 20.8. The molecule has 0 aromatic heterocycles. The van der Waals surface area contributed by atoms with Crippen LogP contribution in [0, 0.1) is 34.5 Å². The third-order valence-electron chi connectivity index (χ3n) is 9.17. The Balaban J connectivity index is 1.52. The molecule has 1 aliphatic heterocycles. The summed E-state index contributed by atoms with van der Waals surface area (Å²) in [6.45, 7) is 10.8. The van der Waals surface area contributed by atoms with Crippen LogP contribution in [0.25, 0.3) is 0 Å². The average molecular weight is 446 g/mol. The summed E-state index contributed by atoms with van der Waals surface area (Å²) in [7, 11) is 1.96. The van der Waals surface area contributed by atoms with E-state index in [-0.39, 0.29) is 34.1 Å². The normalized spacial score (nSPS) is 41.8. The molecule has 2 amide bonds. The van der Waals surface area contributed by atoms with Crippen molar-refractivity contribution in [1.29, 1.82) is 0 Å². The Labute approximate surface area is 192 Å². The fourth-order valence-corrected chi connectivity index (χ4v) is 8.15. The van der Waals surface area contributed by atoms with Gasteiger partial charge >= 0.3 is 0 Å². The summed E-state index contributed by atoms with van der Waals surface area (Å²) in [4.78, 5) is 27.5. The summed E-state index contributed by atoms with van der Waals surface area (Å²) in [5.74, 6) is 2.03. The molecule has 5 nitrogen and oxygen atoms in total. The van der Waals surface area contributed by atoms with Crippen LogP contribution in [0.2, 0.25) is 0 Å². The summed E-state index contributed by atoms with van der Waals surface area (Å²) < 4.78 is 0. The Morgan fingerprint density at radius 2 is 1.84 bits per heavy atom. The Bertz CT molecular complexity index is 818. The van der Waals surface area contributed by atoms with Crippen molar-refractivity contribution in [1.82, 2.24) is 15.5 Å². The van der Waals surface area contributed by atoms with Gasteiger partial charge < -0.3 is 15.5 Å². The van der Waals surface area contributed by atoms with E-state index in [9.17, 15) is 9.59 Å². The first kappa shape index (κ1) is 22.8. The highest BCUT2D eigenvalue weighted by molar-refractivity contribution is 7.80. The molecule has 0 aromatic carbocycles. The molecule has 4 rings (SSSR count). The molecule has 3 fully saturated rings. The van der Waals surface area contributed by atoms with Crippen LogP contribution in [0.15, 0.2) is 12.2 Å². The van der Waals surface area contributed by atoms with Crippen molar-refractivity contribution in [3.63, 3.8) is 0 Å². The standard InChI is InChI=1S/C25H39N3O2S/c1-23(2,3)27-22(31)26-21(30)18-9-8-16-15-7-10-19-25(5,14-12-20(29)28(19)6)17(15)11-13-24(16,18)4/h12,14-19H,7-11,13H2,1-6H3,(H2,26,27,30,31)/t15-,16-,17+,18?,19?,24-,25+/m0/s1. The van der Waals surface area contributed by atoms with E-state index >= 15 is 0 Å². The van der Waals surface area contributed by atoms with Crippen molar-refractivity contribution in [2.24, 2.45) is 34.5 Å². The Hall–Kier alpha value is -1.43. The lowest BCUT2D eigenvalue weighted by Crippen LogP contribution is -2.60. The molecule has 3 saturated carbocycles. The molecule has 4 aliphatic rings. The molecule has 0 radical (unpaired) electrons. The van der Waals surface area contributed by atoms with Crippen LogP contribution in [0.4, 0.5) is 0 Å². The van der Waals surface area contributed by atoms with E-state index in [1.54, 1.807) is 6.08 Å². The van der Waals surface area contributed by atoms with E-state index in [1.807, 2.05) is 32.7 Å². The Morgan fingerprint density at radius 3 is 2.52 bits per heavy atom. The quantitative estimate of drug-likeness (QED) is 0.598. The molecule has 2 N–H and O–H groups in total. The van der Waals surface area contributed by atoms with Crippen LogP contribution in [0.5, 0.6) is 0 Å². The SMILES string of the molecule is CN1C(=O)C=C[C@@]2(C)C1CC[C@@H]1[C@H]2CC[C@]2(C)C(C(=O)NC(=S)NC(C)(C)C)CC[C@@H]12. The van der Waals surface area contributed by atoms with Crippen LogP contribution in [0.3, 0.4) is 0 Å². The fourth-order valence-electron chi connectivity index (χ4n) is 7.74. The number of rotatable bonds is 1. The van der Waals surface area contributed by atoms with Gasteiger partial charge in [0.05, 0.1) is 0 Å². The molecule has 1 heterocycles. The highest BCUT2D eigenvalue weighted by atomic mass is 32.1. The Kier molecular flexibility index (Phi) is 5.55. The van der Waals surface area contributed by atoms with Crippen LogP contribution >= 0.6 is 12.2 Å². The summed E-state index contributed by atoms with van der Waals surface area (Å²) >= 11 is 5.41. The maximum absolute atomic E-state index is 13.2. The minimum atomic E-state index is -0.166. The summed E-state index contributed by atoms with van der Waals surface area (Å²) in [6, 6.07) is 0.303. The zero-order chi connectivity index (χ0) is 22.8. The number of carbonyl (C=O) groups excluding carboxylic acids is 2. The number of thiocarbonyl (C=S) groups is 1. The first-order chi connectivity index (χ1) is 14.4. The monoisotopic (exact) mass is 445 g/mol. The molecular formula is C25H39N3O2S. The molecule has 0 saturated heterocycles. The topological polar surface area (TPSA) is 61.4 Å². The first-order valence-electron chi connectivity index (χ1n) is 12.0. The molecular weight excluding hydrogens is 406 g/mol. The van der Waals surface area contributed by atoms with E-state index < -0.39 is 0 Å². The van der Waals surface area contributed by atoms with Crippen LogP contribution < -0.4 is 10.6 Å². The third kappa shape index (κ3) is 3.73.